The maximum Gasteiger partial charge on any atom is 0.265 e. The number of carbonyl (C=O) groups excluding carboxylic acids is 1. The smallest absolute Gasteiger partial charge is 0.265 e. The van der Waals surface area contributed by atoms with Crippen molar-refractivity contribution in [1.29, 1.82) is 0 Å². The van der Waals surface area contributed by atoms with E-state index in [0.717, 1.165) is 5.56 Å². The maximum absolute atomic E-state index is 12.4. The molecule has 23 heavy (non-hydrogen) atoms. The number of H-pyrrole nitrogens is 1. The van der Waals surface area contributed by atoms with Crippen LogP contribution in [-0.4, -0.2) is 23.1 Å². The molecule has 0 fully saturated rings. The predicted molar refractivity (Wildman–Crippen MR) is 89.8 cm³/mol. The minimum atomic E-state index is -0.660. The number of benzene rings is 1. The topological polar surface area (TPSA) is 91.4 Å². The molecule has 0 spiro atoms. The molecule has 1 amide bonds. The molecule has 2 heterocycles. The van der Waals surface area contributed by atoms with E-state index in [0.29, 0.717) is 21.7 Å². The number of aryl methyl sites for hydroxylation is 1. The Balaban J connectivity index is 1.99. The Morgan fingerprint density at radius 1 is 1.35 bits per heavy atom. The number of aromatic nitrogens is 1. The van der Waals surface area contributed by atoms with E-state index in [1.54, 1.807) is 36.8 Å². The number of amides is 1. The molecule has 0 bridgehead atoms. The molecule has 7 heteroatoms. The van der Waals surface area contributed by atoms with Crippen LogP contribution in [0.15, 0.2) is 34.4 Å². The number of fused-ring (bicyclic) bond motifs is 1. The minimum Gasteiger partial charge on any atom is -0.505 e. The molecule has 0 radical (unpaired) electrons. The molecule has 0 aliphatic heterocycles. The highest BCUT2D eigenvalue weighted by atomic mass is 32.1. The number of methoxy groups -OCH3 is 1. The van der Waals surface area contributed by atoms with Gasteiger partial charge in [0.2, 0.25) is 0 Å². The first-order valence-corrected chi connectivity index (χ1v) is 7.67. The zero-order valence-corrected chi connectivity index (χ0v) is 13.3. The molecular formula is C16H14N2O4S. The van der Waals surface area contributed by atoms with Crippen molar-refractivity contribution in [2.75, 3.05) is 12.4 Å². The number of aromatic amines is 1. The van der Waals surface area contributed by atoms with Crippen molar-refractivity contribution in [1.82, 2.24) is 4.98 Å². The monoisotopic (exact) mass is 330 g/mol. The number of hydrogen-bond donors (Lipinski definition) is 3. The summed E-state index contributed by atoms with van der Waals surface area (Å²) in [6.45, 7) is 1.81. The molecule has 3 rings (SSSR count). The number of ether oxygens (including phenoxy) is 1. The van der Waals surface area contributed by atoms with Crippen molar-refractivity contribution in [3.8, 4) is 11.5 Å². The van der Waals surface area contributed by atoms with Gasteiger partial charge in [0.25, 0.3) is 11.5 Å². The van der Waals surface area contributed by atoms with E-state index >= 15 is 0 Å². The van der Waals surface area contributed by atoms with Gasteiger partial charge in [0.05, 0.1) is 17.3 Å². The lowest BCUT2D eigenvalue weighted by molar-refractivity contribution is 0.102. The van der Waals surface area contributed by atoms with Crippen LogP contribution in [-0.2, 0) is 0 Å². The molecule has 0 aliphatic rings. The third-order valence-electron chi connectivity index (χ3n) is 3.50. The van der Waals surface area contributed by atoms with Gasteiger partial charge in [-0.05, 0) is 42.1 Å². The van der Waals surface area contributed by atoms with E-state index in [4.69, 9.17) is 4.74 Å². The van der Waals surface area contributed by atoms with Crippen molar-refractivity contribution in [3.05, 3.63) is 51.1 Å². The fourth-order valence-corrected chi connectivity index (χ4v) is 3.10. The van der Waals surface area contributed by atoms with Gasteiger partial charge in [-0.1, -0.05) is 0 Å². The summed E-state index contributed by atoms with van der Waals surface area (Å²) in [4.78, 5) is 27.1. The third-order valence-corrected chi connectivity index (χ3v) is 4.42. The van der Waals surface area contributed by atoms with Gasteiger partial charge in [0.15, 0.2) is 5.75 Å². The lowest BCUT2D eigenvalue weighted by atomic mass is 10.1. The lowest BCUT2D eigenvalue weighted by Crippen LogP contribution is -2.23. The van der Waals surface area contributed by atoms with E-state index < -0.39 is 11.5 Å². The summed E-state index contributed by atoms with van der Waals surface area (Å²) >= 11 is 1.25. The standard InChI is InChI=1S/C16H14N2O4S/c1-8-7-9(22-2)3-4-10(8)17-15(20)12-13(19)14-11(5-6-23-14)18-16(12)21/h3-7H,1-2H3,(H,17,20)(H2,18,19,21). The molecule has 0 atom stereocenters. The van der Waals surface area contributed by atoms with E-state index in [1.807, 2.05) is 6.92 Å². The van der Waals surface area contributed by atoms with Crippen LogP contribution in [0.2, 0.25) is 0 Å². The molecule has 0 unspecified atom stereocenters. The first-order chi connectivity index (χ1) is 11.0. The van der Waals surface area contributed by atoms with Crippen LogP contribution in [0.3, 0.4) is 0 Å². The summed E-state index contributed by atoms with van der Waals surface area (Å²) in [5.74, 6) is -0.295. The Hall–Kier alpha value is -2.80. The molecule has 3 aromatic rings. The highest BCUT2D eigenvalue weighted by Crippen LogP contribution is 2.30. The van der Waals surface area contributed by atoms with Crippen molar-refractivity contribution in [3.63, 3.8) is 0 Å². The molecule has 2 aromatic heterocycles. The minimum absolute atomic E-state index is 0.296. The van der Waals surface area contributed by atoms with Crippen LogP contribution < -0.4 is 15.6 Å². The van der Waals surface area contributed by atoms with Crippen LogP contribution in [0.4, 0.5) is 5.69 Å². The molecule has 0 saturated carbocycles. The quantitative estimate of drug-likeness (QED) is 0.688. The van der Waals surface area contributed by atoms with Gasteiger partial charge in [-0.15, -0.1) is 11.3 Å². The Labute approximate surface area is 135 Å². The third kappa shape index (κ3) is 2.66. The number of hydrogen-bond acceptors (Lipinski definition) is 5. The number of nitrogens with one attached hydrogen (secondary N) is 2. The van der Waals surface area contributed by atoms with Gasteiger partial charge in [0, 0.05) is 5.69 Å². The molecule has 0 aliphatic carbocycles. The van der Waals surface area contributed by atoms with Crippen LogP contribution in [0.1, 0.15) is 15.9 Å². The highest BCUT2D eigenvalue weighted by molar-refractivity contribution is 7.17. The Bertz CT molecular complexity index is 958. The first kappa shape index (κ1) is 15.1. The normalized spacial score (nSPS) is 10.7. The van der Waals surface area contributed by atoms with Crippen LogP contribution in [0.5, 0.6) is 11.5 Å². The van der Waals surface area contributed by atoms with Gasteiger partial charge in [0.1, 0.15) is 11.3 Å². The molecule has 6 nitrogen and oxygen atoms in total. The number of pyridine rings is 1. The second kappa shape index (κ2) is 5.77. The number of aromatic hydroxyl groups is 1. The van der Waals surface area contributed by atoms with Crippen LogP contribution >= 0.6 is 11.3 Å². The number of thiophene rings is 1. The number of carbonyl (C=O) groups is 1. The highest BCUT2D eigenvalue weighted by Gasteiger charge is 2.20. The molecule has 0 saturated heterocycles. The van der Waals surface area contributed by atoms with Gasteiger partial charge >= 0.3 is 0 Å². The van der Waals surface area contributed by atoms with Crippen molar-refractivity contribution >= 4 is 33.1 Å². The van der Waals surface area contributed by atoms with Gasteiger partial charge in [-0.25, -0.2) is 0 Å². The maximum atomic E-state index is 12.4. The average molecular weight is 330 g/mol. The van der Waals surface area contributed by atoms with Crippen LogP contribution in [0.25, 0.3) is 10.2 Å². The Morgan fingerprint density at radius 3 is 2.83 bits per heavy atom. The molecular weight excluding hydrogens is 316 g/mol. The summed E-state index contributed by atoms with van der Waals surface area (Å²) in [6.07, 6.45) is 0. The van der Waals surface area contributed by atoms with Crippen molar-refractivity contribution < 1.29 is 14.6 Å². The van der Waals surface area contributed by atoms with Crippen LogP contribution in [0, 0.1) is 6.92 Å². The van der Waals surface area contributed by atoms with Gasteiger partial charge in [-0.2, -0.15) is 0 Å². The lowest BCUT2D eigenvalue weighted by Gasteiger charge is -2.10. The second-order valence-electron chi connectivity index (χ2n) is 4.98. The summed E-state index contributed by atoms with van der Waals surface area (Å²) in [5, 5.41) is 14.6. The summed E-state index contributed by atoms with van der Waals surface area (Å²) in [5.41, 5.74) is 0.911. The summed E-state index contributed by atoms with van der Waals surface area (Å²) < 4.78 is 5.58. The molecule has 3 N–H and O–H groups in total. The SMILES string of the molecule is COc1ccc(NC(=O)c2c(O)c3sccc3[nH]c2=O)c(C)c1. The Kier molecular flexibility index (Phi) is 3.79. The average Bonchev–Trinajstić information content (AvgIpc) is 2.97. The van der Waals surface area contributed by atoms with E-state index in [1.165, 1.54) is 11.3 Å². The van der Waals surface area contributed by atoms with E-state index in [2.05, 4.69) is 10.3 Å². The van der Waals surface area contributed by atoms with Crippen molar-refractivity contribution in [2.45, 2.75) is 6.92 Å². The first-order valence-electron chi connectivity index (χ1n) is 6.79. The predicted octanol–water partition coefficient (Wildman–Crippen LogP) is 2.86. The summed E-state index contributed by atoms with van der Waals surface area (Å²) in [7, 11) is 1.56. The van der Waals surface area contributed by atoms with E-state index in [9.17, 15) is 14.7 Å². The van der Waals surface area contributed by atoms with E-state index in [-0.39, 0.29) is 11.3 Å². The molecule has 118 valence electrons. The fourth-order valence-electron chi connectivity index (χ4n) is 2.30. The van der Waals surface area contributed by atoms with Gasteiger partial charge in [-0.3, -0.25) is 9.59 Å². The van der Waals surface area contributed by atoms with Gasteiger partial charge < -0.3 is 20.1 Å². The number of anilines is 1. The van der Waals surface area contributed by atoms with Crippen molar-refractivity contribution in [2.24, 2.45) is 0 Å². The zero-order chi connectivity index (χ0) is 16.6. The second-order valence-corrected chi connectivity index (χ2v) is 5.89. The molecule has 1 aromatic carbocycles. The largest absolute Gasteiger partial charge is 0.505 e. The number of rotatable bonds is 3. The Morgan fingerprint density at radius 2 is 2.13 bits per heavy atom. The summed E-state index contributed by atoms with van der Waals surface area (Å²) in [6, 6.07) is 6.83. The zero-order valence-electron chi connectivity index (χ0n) is 12.5. The fraction of sp³-hybridized carbons (Fsp3) is 0.125.